The van der Waals surface area contributed by atoms with Crippen LogP contribution in [0.2, 0.25) is 0 Å². The molecule has 1 saturated heterocycles. The van der Waals surface area contributed by atoms with Crippen molar-refractivity contribution in [1.82, 2.24) is 34.2 Å². The van der Waals surface area contributed by atoms with Crippen LogP contribution in [0.3, 0.4) is 0 Å². The van der Waals surface area contributed by atoms with Gasteiger partial charge in [-0.3, -0.25) is 4.79 Å². The molecule has 8 heteroatoms. The van der Waals surface area contributed by atoms with Crippen LogP contribution in [0.25, 0.3) is 11.2 Å². The predicted molar refractivity (Wildman–Crippen MR) is 92.1 cm³/mol. The summed E-state index contributed by atoms with van der Waals surface area (Å²) in [4.78, 5) is 23.5. The largest absolute Gasteiger partial charge is 0.338 e. The zero-order chi connectivity index (χ0) is 17.4. The lowest BCUT2D eigenvalue weighted by Gasteiger charge is -2.32. The van der Waals surface area contributed by atoms with Crippen molar-refractivity contribution < 1.29 is 4.79 Å². The molecule has 0 bridgehead atoms. The second-order valence-electron chi connectivity index (χ2n) is 6.74. The van der Waals surface area contributed by atoms with Gasteiger partial charge in [-0.25, -0.2) is 9.97 Å². The van der Waals surface area contributed by atoms with Crippen molar-refractivity contribution in [2.75, 3.05) is 13.1 Å². The molecule has 1 aliphatic heterocycles. The molecule has 0 aromatic carbocycles. The molecule has 4 heterocycles. The van der Waals surface area contributed by atoms with E-state index in [9.17, 15) is 4.79 Å². The van der Waals surface area contributed by atoms with E-state index >= 15 is 0 Å². The highest BCUT2D eigenvalue weighted by Gasteiger charge is 2.25. The van der Waals surface area contributed by atoms with E-state index in [4.69, 9.17) is 0 Å². The minimum absolute atomic E-state index is 0.0238. The molecule has 1 aliphatic rings. The van der Waals surface area contributed by atoms with Gasteiger partial charge in [-0.15, -0.1) is 10.2 Å². The van der Waals surface area contributed by atoms with Crippen LogP contribution >= 0.6 is 0 Å². The smallest absolute Gasteiger partial charge is 0.255 e. The van der Waals surface area contributed by atoms with Gasteiger partial charge in [-0.05, 0) is 32.8 Å². The number of amides is 1. The van der Waals surface area contributed by atoms with Gasteiger partial charge < -0.3 is 14.0 Å². The zero-order valence-corrected chi connectivity index (χ0v) is 14.4. The molecule has 0 aliphatic carbocycles. The van der Waals surface area contributed by atoms with E-state index in [1.54, 1.807) is 25.2 Å². The summed E-state index contributed by atoms with van der Waals surface area (Å²) in [5.74, 6) is 0.0238. The first-order chi connectivity index (χ1) is 12.1. The summed E-state index contributed by atoms with van der Waals surface area (Å²) in [6.07, 6.45) is 8.73. The molecule has 4 rings (SSSR count). The van der Waals surface area contributed by atoms with Crippen LogP contribution in [-0.2, 0) is 0 Å². The molecule has 130 valence electrons. The van der Waals surface area contributed by atoms with Crippen molar-refractivity contribution in [3.05, 3.63) is 36.8 Å². The van der Waals surface area contributed by atoms with Crippen LogP contribution in [0.1, 0.15) is 49.1 Å². The Labute approximate surface area is 145 Å². The number of carbonyl (C=O) groups is 1. The number of carbonyl (C=O) groups excluding carboxylic acids is 1. The SMILES string of the molecule is CC(C)n1cnc2cc(C(=O)N3CCC(n4cnnc4)CC3)cnc21. The zero-order valence-electron chi connectivity index (χ0n) is 14.4. The number of imidazole rings is 1. The van der Waals surface area contributed by atoms with Crippen LogP contribution in [0, 0.1) is 0 Å². The van der Waals surface area contributed by atoms with E-state index in [2.05, 4.69) is 34.0 Å². The highest BCUT2D eigenvalue weighted by Crippen LogP contribution is 2.23. The van der Waals surface area contributed by atoms with Crippen molar-refractivity contribution in [2.45, 2.75) is 38.8 Å². The minimum atomic E-state index is 0.0238. The molecular weight excluding hydrogens is 318 g/mol. The summed E-state index contributed by atoms with van der Waals surface area (Å²) >= 11 is 0. The van der Waals surface area contributed by atoms with Crippen LogP contribution in [0.15, 0.2) is 31.2 Å². The Balaban J connectivity index is 1.49. The summed E-state index contributed by atoms with van der Waals surface area (Å²) in [5.41, 5.74) is 2.18. The Morgan fingerprint density at radius 2 is 1.84 bits per heavy atom. The predicted octanol–water partition coefficient (Wildman–Crippen LogP) is 2.08. The van der Waals surface area contributed by atoms with E-state index in [1.807, 2.05) is 20.1 Å². The van der Waals surface area contributed by atoms with E-state index in [0.717, 1.165) is 37.1 Å². The second-order valence-corrected chi connectivity index (χ2v) is 6.74. The van der Waals surface area contributed by atoms with Gasteiger partial charge in [0, 0.05) is 31.4 Å². The third-order valence-corrected chi connectivity index (χ3v) is 4.83. The molecule has 25 heavy (non-hydrogen) atoms. The molecule has 1 amide bonds. The van der Waals surface area contributed by atoms with Gasteiger partial charge in [0.2, 0.25) is 0 Å². The highest BCUT2D eigenvalue weighted by molar-refractivity contribution is 5.96. The second kappa shape index (κ2) is 6.27. The van der Waals surface area contributed by atoms with E-state index < -0.39 is 0 Å². The topological polar surface area (TPSA) is 81.7 Å². The average Bonchev–Trinajstić information content (AvgIpc) is 3.30. The Kier molecular flexibility index (Phi) is 3.95. The Bertz CT molecular complexity index is 876. The first-order valence-corrected chi connectivity index (χ1v) is 8.59. The Hall–Kier alpha value is -2.77. The number of piperidine rings is 1. The molecule has 0 saturated carbocycles. The van der Waals surface area contributed by atoms with Gasteiger partial charge in [0.05, 0.1) is 11.9 Å². The number of hydrogen-bond donors (Lipinski definition) is 0. The van der Waals surface area contributed by atoms with Gasteiger partial charge in [-0.1, -0.05) is 0 Å². The lowest BCUT2D eigenvalue weighted by Crippen LogP contribution is -2.39. The van der Waals surface area contributed by atoms with Gasteiger partial charge >= 0.3 is 0 Å². The molecule has 8 nitrogen and oxygen atoms in total. The molecule has 0 spiro atoms. The van der Waals surface area contributed by atoms with Crippen molar-refractivity contribution >= 4 is 17.1 Å². The molecule has 0 N–H and O–H groups in total. The number of pyridine rings is 1. The maximum atomic E-state index is 12.8. The molecule has 1 fully saturated rings. The molecule has 3 aromatic rings. The summed E-state index contributed by atoms with van der Waals surface area (Å²) in [6, 6.07) is 2.49. The van der Waals surface area contributed by atoms with Crippen LogP contribution in [0.5, 0.6) is 0 Å². The number of fused-ring (bicyclic) bond motifs is 1. The van der Waals surface area contributed by atoms with Gasteiger partial charge in [0.25, 0.3) is 5.91 Å². The van der Waals surface area contributed by atoms with Crippen molar-refractivity contribution in [1.29, 1.82) is 0 Å². The fourth-order valence-corrected chi connectivity index (χ4v) is 3.36. The Morgan fingerprint density at radius 3 is 2.52 bits per heavy atom. The summed E-state index contributed by atoms with van der Waals surface area (Å²) in [6.45, 7) is 5.61. The van der Waals surface area contributed by atoms with Crippen molar-refractivity contribution in [3.8, 4) is 0 Å². The number of rotatable bonds is 3. The Morgan fingerprint density at radius 1 is 1.12 bits per heavy atom. The van der Waals surface area contributed by atoms with Crippen molar-refractivity contribution in [3.63, 3.8) is 0 Å². The number of aromatic nitrogens is 6. The molecule has 3 aromatic heterocycles. The maximum absolute atomic E-state index is 12.8. The third-order valence-electron chi connectivity index (χ3n) is 4.83. The lowest BCUT2D eigenvalue weighted by molar-refractivity contribution is 0.0694. The minimum Gasteiger partial charge on any atom is -0.338 e. The van der Waals surface area contributed by atoms with Gasteiger partial charge in [0.15, 0.2) is 5.65 Å². The van der Waals surface area contributed by atoms with Crippen molar-refractivity contribution in [2.24, 2.45) is 0 Å². The first kappa shape index (κ1) is 15.7. The summed E-state index contributed by atoms with van der Waals surface area (Å²) < 4.78 is 4.03. The molecular formula is C17H21N7O. The van der Waals surface area contributed by atoms with E-state index in [1.165, 1.54) is 0 Å². The lowest BCUT2D eigenvalue weighted by atomic mass is 10.0. The average molecular weight is 339 g/mol. The standard InChI is InChI=1S/C17H21N7O/c1-12(2)24-9-19-15-7-13(8-18-16(15)24)17(25)22-5-3-14(4-6-22)23-10-20-21-11-23/h7-12,14H,3-6H2,1-2H3. The van der Waals surface area contributed by atoms with Crippen LogP contribution in [-0.4, -0.2) is 53.2 Å². The van der Waals surface area contributed by atoms with Crippen LogP contribution in [0.4, 0.5) is 0 Å². The number of nitrogens with zero attached hydrogens (tertiary/aromatic N) is 7. The monoisotopic (exact) mass is 339 g/mol. The third kappa shape index (κ3) is 2.88. The summed E-state index contributed by atoms with van der Waals surface area (Å²) in [5, 5.41) is 7.72. The maximum Gasteiger partial charge on any atom is 0.255 e. The van der Waals surface area contributed by atoms with E-state index in [-0.39, 0.29) is 11.9 Å². The highest BCUT2D eigenvalue weighted by atomic mass is 16.2. The van der Waals surface area contributed by atoms with Gasteiger partial charge in [-0.2, -0.15) is 0 Å². The number of likely N-dealkylation sites (tertiary alicyclic amines) is 1. The first-order valence-electron chi connectivity index (χ1n) is 8.59. The van der Waals surface area contributed by atoms with Crippen LogP contribution < -0.4 is 0 Å². The molecule has 0 radical (unpaired) electrons. The molecule has 0 atom stereocenters. The van der Waals surface area contributed by atoms with Gasteiger partial charge in [0.1, 0.15) is 18.2 Å². The molecule has 0 unspecified atom stereocenters. The number of hydrogen-bond acceptors (Lipinski definition) is 5. The quantitative estimate of drug-likeness (QED) is 0.730. The fourth-order valence-electron chi connectivity index (χ4n) is 3.36. The fraction of sp³-hybridized carbons (Fsp3) is 0.471. The van der Waals surface area contributed by atoms with E-state index in [0.29, 0.717) is 11.6 Å². The summed E-state index contributed by atoms with van der Waals surface area (Å²) in [7, 11) is 0. The normalized spacial score (nSPS) is 16.0.